The van der Waals surface area contributed by atoms with Crippen LogP contribution in [0.2, 0.25) is 5.02 Å². The first-order chi connectivity index (χ1) is 16.4. The number of esters is 1. The molecule has 0 saturated carbocycles. The molecule has 0 atom stereocenters. The number of carbonyl (C=O) groups is 2. The van der Waals surface area contributed by atoms with Crippen LogP contribution in [0.1, 0.15) is 54.9 Å². The van der Waals surface area contributed by atoms with Gasteiger partial charge in [-0.25, -0.2) is 4.79 Å². The van der Waals surface area contributed by atoms with Crippen LogP contribution < -0.4 is 0 Å². The molecule has 0 radical (unpaired) electrons. The third kappa shape index (κ3) is 7.00. The SMILES string of the molecule is CC1CCN(C(=O)CO/N=C2/C=C/CC/C=C/CCOC(=O)c3c(O)cc(O)c(Cl)c3C2)CC1. The lowest BCUT2D eigenvalue weighted by Gasteiger charge is -2.29. The molecular formula is C25H31ClN2O6. The lowest BCUT2D eigenvalue weighted by molar-refractivity contribution is -0.137. The number of phenolic OH excluding ortho intramolecular Hbond substituents is 2. The van der Waals surface area contributed by atoms with Crippen molar-refractivity contribution in [2.24, 2.45) is 11.1 Å². The van der Waals surface area contributed by atoms with Crippen molar-refractivity contribution in [2.45, 2.75) is 45.4 Å². The van der Waals surface area contributed by atoms with Crippen molar-refractivity contribution >= 4 is 29.2 Å². The van der Waals surface area contributed by atoms with Crippen molar-refractivity contribution in [3.05, 3.63) is 46.5 Å². The lowest BCUT2D eigenvalue weighted by Crippen LogP contribution is -2.39. The van der Waals surface area contributed by atoms with Gasteiger partial charge >= 0.3 is 5.97 Å². The summed E-state index contributed by atoms with van der Waals surface area (Å²) in [5.74, 6) is -1.08. The summed E-state index contributed by atoms with van der Waals surface area (Å²) >= 11 is 6.30. The van der Waals surface area contributed by atoms with Gasteiger partial charge in [-0.15, -0.1) is 0 Å². The van der Waals surface area contributed by atoms with Gasteiger partial charge in [-0.1, -0.05) is 41.9 Å². The van der Waals surface area contributed by atoms with Crippen LogP contribution in [-0.4, -0.2) is 59.0 Å². The molecule has 1 saturated heterocycles. The predicted molar refractivity (Wildman–Crippen MR) is 129 cm³/mol. The van der Waals surface area contributed by atoms with E-state index in [2.05, 4.69) is 12.1 Å². The number of rotatable bonds is 3. The second-order valence-electron chi connectivity index (χ2n) is 8.55. The van der Waals surface area contributed by atoms with Crippen molar-refractivity contribution in [1.82, 2.24) is 4.90 Å². The molecule has 0 spiro atoms. The van der Waals surface area contributed by atoms with Crippen LogP contribution in [0.5, 0.6) is 11.5 Å². The number of hydrogen-bond acceptors (Lipinski definition) is 7. The van der Waals surface area contributed by atoms with Gasteiger partial charge in [0.25, 0.3) is 5.91 Å². The Kier molecular flexibility index (Phi) is 9.39. The summed E-state index contributed by atoms with van der Waals surface area (Å²) in [5, 5.41) is 24.5. The summed E-state index contributed by atoms with van der Waals surface area (Å²) in [6.07, 6.45) is 11.5. The average Bonchev–Trinajstić information content (AvgIpc) is 2.80. The van der Waals surface area contributed by atoms with Crippen LogP contribution >= 0.6 is 11.6 Å². The number of cyclic esters (lactones) is 1. The van der Waals surface area contributed by atoms with E-state index in [1.165, 1.54) is 0 Å². The number of ether oxygens (including phenoxy) is 1. The molecule has 8 nitrogen and oxygen atoms in total. The van der Waals surface area contributed by atoms with Crippen molar-refractivity contribution in [3.8, 4) is 11.5 Å². The van der Waals surface area contributed by atoms with Gasteiger partial charge in [0.05, 0.1) is 17.3 Å². The highest BCUT2D eigenvalue weighted by molar-refractivity contribution is 6.33. The standard InChI is InChI=1S/C25H31ClN2O6/c1-17-9-11-28(12-10-17)22(31)16-34-27-18-8-6-4-2-3-5-7-13-33-25(32)23-19(14-18)24(26)21(30)15-20(23)29/h3,5-6,8,15,17,29-30H,2,4,7,9-14,16H2,1H3/b5-3+,8-6+,27-18-. The number of hydrogen-bond donors (Lipinski definition) is 2. The minimum atomic E-state index is -0.751. The quantitative estimate of drug-likeness (QED) is 0.370. The molecule has 0 aliphatic carbocycles. The fourth-order valence-corrected chi connectivity index (χ4v) is 4.06. The van der Waals surface area contributed by atoms with Gasteiger partial charge in [0, 0.05) is 25.6 Å². The Hall–Kier alpha value is -3.00. The maximum absolute atomic E-state index is 12.7. The van der Waals surface area contributed by atoms with Gasteiger partial charge in [0.2, 0.25) is 0 Å². The number of likely N-dealkylation sites (tertiary alicyclic amines) is 1. The number of carbonyl (C=O) groups excluding carboxylic acids is 2. The minimum Gasteiger partial charge on any atom is -0.507 e. The summed E-state index contributed by atoms with van der Waals surface area (Å²) in [4.78, 5) is 32.3. The van der Waals surface area contributed by atoms with Crippen molar-refractivity contribution in [1.29, 1.82) is 0 Å². The Morgan fingerprint density at radius 1 is 1.18 bits per heavy atom. The highest BCUT2D eigenvalue weighted by Gasteiger charge is 2.25. The maximum atomic E-state index is 12.7. The molecule has 3 rings (SSSR count). The molecule has 34 heavy (non-hydrogen) atoms. The van der Waals surface area contributed by atoms with Gasteiger partial charge in [0.15, 0.2) is 6.61 Å². The number of aromatic hydroxyl groups is 2. The number of allylic oxidation sites excluding steroid dienone is 3. The molecule has 2 N–H and O–H groups in total. The number of fused-ring (bicyclic) bond motifs is 1. The first-order valence-corrected chi connectivity index (χ1v) is 11.9. The smallest absolute Gasteiger partial charge is 0.342 e. The summed E-state index contributed by atoms with van der Waals surface area (Å²) in [5.41, 5.74) is 0.408. The molecule has 2 heterocycles. The van der Waals surface area contributed by atoms with E-state index in [1.54, 1.807) is 11.0 Å². The predicted octanol–water partition coefficient (Wildman–Crippen LogP) is 4.38. The molecule has 1 fully saturated rings. The molecule has 1 aromatic rings. The molecule has 184 valence electrons. The maximum Gasteiger partial charge on any atom is 0.342 e. The second kappa shape index (κ2) is 12.5. The van der Waals surface area contributed by atoms with E-state index in [1.807, 2.05) is 18.2 Å². The number of halogens is 1. The van der Waals surface area contributed by atoms with E-state index in [0.29, 0.717) is 31.1 Å². The van der Waals surface area contributed by atoms with Gasteiger partial charge < -0.3 is 24.7 Å². The van der Waals surface area contributed by atoms with Crippen LogP contribution in [0.3, 0.4) is 0 Å². The van der Waals surface area contributed by atoms with E-state index in [-0.39, 0.29) is 47.4 Å². The van der Waals surface area contributed by atoms with Crippen LogP contribution in [0, 0.1) is 5.92 Å². The Bertz CT molecular complexity index is 980. The molecule has 2 aliphatic heterocycles. The van der Waals surface area contributed by atoms with Gasteiger partial charge in [-0.3, -0.25) is 4.79 Å². The Morgan fingerprint density at radius 2 is 1.88 bits per heavy atom. The third-order valence-corrected chi connectivity index (χ3v) is 6.31. The van der Waals surface area contributed by atoms with Crippen LogP contribution in [0.15, 0.2) is 35.5 Å². The summed E-state index contributed by atoms with van der Waals surface area (Å²) in [6.45, 7) is 3.52. The minimum absolute atomic E-state index is 0.0208. The molecule has 1 amide bonds. The Morgan fingerprint density at radius 3 is 2.65 bits per heavy atom. The Balaban J connectivity index is 1.83. The van der Waals surface area contributed by atoms with E-state index in [4.69, 9.17) is 21.2 Å². The van der Waals surface area contributed by atoms with Crippen LogP contribution in [-0.2, 0) is 20.8 Å². The fraction of sp³-hybridized carbons (Fsp3) is 0.480. The summed E-state index contributed by atoms with van der Waals surface area (Å²) in [7, 11) is 0. The Labute approximate surface area is 204 Å². The van der Waals surface area contributed by atoms with Crippen molar-refractivity contribution in [2.75, 3.05) is 26.3 Å². The molecule has 0 bridgehead atoms. The first kappa shape index (κ1) is 25.6. The summed E-state index contributed by atoms with van der Waals surface area (Å²) in [6, 6.07) is 1.01. The molecule has 9 heteroatoms. The average molecular weight is 491 g/mol. The van der Waals surface area contributed by atoms with E-state index in [0.717, 1.165) is 31.7 Å². The van der Waals surface area contributed by atoms with E-state index < -0.39 is 11.7 Å². The van der Waals surface area contributed by atoms with Gasteiger partial charge in [-0.05, 0) is 49.7 Å². The molecule has 0 aromatic heterocycles. The second-order valence-corrected chi connectivity index (χ2v) is 8.93. The van der Waals surface area contributed by atoms with Crippen LogP contribution in [0.4, 0.5) is 0 Å². The first-order valence-electron chi connectivity index (χ1n) is 11.6. The summed E-state index contributed by atoms with van der Waals surface area (Å²) < 4.78 is 5.28. The zero-order chi connectivity index (χ0) is 24.5. The van der Waals surface area contributed by atoms with Crippen LogP contribution in [0.25, 0.3) is 0 Å². The van der Waals surface area contributed by atoms with Gasteiger partial charge in [0.1, 0.15) is 17.1 Å². The zero-order valence-electron chi connectivity index (χ0n) is 19.3. The van der Waals surface area contributed by atoms with Gasteiger partial charge in [-0.2, -0.15) is 0 Å². The highest BCUT2D eigenvalue weighted by Crippen LogP contribution is 2.37. The number of phenols is 2. The number of oxime groups is 1. The highest BCUT2D eigenvalue weighted by atomic mass is 35.5. The van der Waals surface area contributed by atoms with E-state index >= 15 is 0 Å². The molecule has 2 aliphatic rings. The normalized spacial score (nSPS) is 21.3. The fourth-order valence-electron chi connectivity index (χ4n) is 3.84. The third-order valence-electron chi connectivity index (χ3n) is 5.88. The monoisotopic (exact) mass is 490 g/mol. The largest absolute Gasteiger partial charge is 0.507 e. The number of piperidine rings is 1. The number of amides is 1. The zero-order valence-corrected chi connectivity index (χ0v) is 20.1. The number of nitrogens with zero attached hydrogens (tertiary/aromatic N) is 2. The number of benzene rings is 1. The molecule has 0 unspecified atom stereocenters. The van der Waals surface area contributed by atoms with E-state index in [9.17, 15) is 19.8 Å². The van der Waals surface area contributed by atoms with Crippen molar-refractivity contribution in [3.63, 3.8) is 0 Å². The topological polar surface area (TPSA) is 109 Å². The molecular weight excluding hydrogens is 460 g/mol. The van der Waals surface area contributed by atoms with Crippen molar-refractivity contribution < 1.29 is 29.4 Å². The molecule has 1 aromatic carbocycles. The lowest BCUT2D eigenvalue weighted by atomic mass is 9.99.